The van der Waals surface area contributed by atoms with Crippen molar-refractivity contribution in [2.45, 2.75) is 19.3 Å². The second-order valence-corrected chi connectivity index (χ2v) is 5.30. The second-order valence-electron chi connectivity index (χ2n) is 5.30. The lowest BCUT2D eigenvalue weighted by Crippen LogP contribution is -2.20. The summed E-state index contributed by atoms with van der Waals surface area (Å²) in [6, 6.07) is 4.20. The summed E-state index contributed by atoms with van der Waals surface area (Å²) < 4.78 is 5.52. The quantitative estimate of drug-likeness (QED) is 0.762. The molecule has 0 fully saturated rings. The minimum absolute atomic E-state index is 0.622. The number of aromatic nitrogens is 1. The first-order valence-electron chi connectivity index (χ1n) is 7.10. The van der Waals surface area contributed by atoms with Gasteiger partial charge in [0.15, 0.2) is 0 Å². The van der Waals surface area contributed by atoms with Crippen LogP contribution in [0.1, 0.15) is 23.2 Å². The lowest BCUT2D eigenvalue weighted by atomic mass is 10.1. The number of rotatable bonds is 7. The third-order valence-electron chi connectivity index (χ3n) is 3.39. The van der Waals surface area contributed by atoms with Crippen LogP contribution in [0.25, 0.3) is 0 Å². The highest BCUT2D eigenvalue weighted by Gasteiger charge is 2.16. The van der Waals surface area contributed by atoms with Crippen LogP contribution < -0.4 is 5.32 Å². The Bertz CT molecular complexity index is 493. The number of pyridine rings is 1. The van der Waals surface area contributed by atoms with E-state index in [-0.39, 0.29) is 0 Å². The van der Waals surface area contributed by atoms with Crippen molar-refractivity contribution in [2.75, 3.05) is 45.7 Å². The molecule has 5 heteroatoms. The highest BCUT2D eigenvalue weighted by atomic mass is 16.5. The molecule has 0 amide bonds. The van der Waals surface area contributed by atoms with Crippen molar-refractivity contribution in [3.63, 3.8) is 0 Å². The van der Waals surface area contributed by atoms with Gasteiger partial charge >= 0.3 is 0 Å². The maximum absolute atomic E-state index is 9.18. The summed E-state index contributed by atoms with van der Waals surface area (Å²) in [4.78, 5) is 6.66. The smallest absolute Gasteiger partial charge is 0.144 e. The van der Waals surface area contributed by atoms with Crippen LogP contribution in [0.15, 0.2) is 6.07 Å². The van der Waals surface area contributed by atoms with Gasteiger partial charge in [-0.2, -0.15) is 5.26 Å². The zero-order valence-corrected chi connectivity index (χ0v) is 12.3. The van der Waals surface area contributed by atoms with Crippen molar-refractivity contribution in [1.29, 1.82) is 5.26 Å². The molecule has 0 aliphatic heterocycles. The number of nitrogens with zero attached hydrogens (tertiary/aromatic N) is 3. The number of aryl methyl sites for hydroxylation is 2. The normalized spacial score (nSPS) is 13.3. The SMILES string of the molecule is CN(C)CCOCCNc1nc2c(cc1C#N)CCC2. The summed E-state index contributed by atoms with van der Waals surface area (Å²) in [6.07, 6.45) is 3.21. The Morgan fingerprint density at radius 3 is 3.00 bits per heavy atom. The van der Waals surface area contributed by atoms with E-state index in [0.717, 1.165) is 38.1 Å². The number of nitrogens with one attached hydrogen (secondary N) is 1. The molecule has 0 spiro atoms. The number of hydrogen-bond donors (Lipinski definition) is 1. The molecule has 0 saturated carbocycles. The lowest BCUT2D eigenvalue weighted by molar-refractivity contribution is 0.126. The van der Waals surface area contributed by atoms with Crippen LogP contribution in [-0.4, -0.2) is 50.3 Å². The third-order valence-corrected chi connectivity index (χ3v) is 3.39. The van der Waals surface area contributed by atoms with Crippen LogP contribution in [0.2, 0.25) is 0 Å². The van der Waals surface area contributed by atoms with E-state index in [2.05, 4.69) is 21.3 Å². The molecule has 1 N–H and O–H groups in total. The molecule has 20 heavy (non-hydrogen) atoms. The monoisotopic (exact) mass is 274 g/mol. The molecule has 0 atom stereocenters. The van der Waals surface area contributed by atoms with Crippen LogP contribution in [0.4, 0.5) is 5.82 Å². The average Bonchev–Trinajstić information content (AvgIpc) is 2.88. The first-order chi connectivity index (χ1) is 9.70. The highest BCUT2D eigenvalue weighted by Crippen LogP contribution is 2.24. The Morgan fingerprint density at radius 1 is 1.40 bits per heavy atom. The molecule has 1 aromatic heterocycles. The molecule has 1 heterocycles. The molecule has 5 nitrogen and oxygen atoms in total. The van der Waals surface area contributed by atoms with Crippen molar-refractivity contribution in [2.24, 2.45) is 0 Å². The topological polar surface area (TPSA) is 61.2 Å². The van der Waals surface area contributed by atoms with Crippen LogP contribution >= 0.6 is 0 Å². The molecule has 0 aromatic carbocycles. The van der Waals surface area contributed by atoms with Gasteiger partial charge in [-0.1, -0.05) is 0 Å². The van der Waals surface area contributed by atoms with E-state index in [0.29, 0.717) is 24.5 Å². The molecular weight excluding hydrogens is 252 g/mol. The largest absolute Gasteiger partial charge is 0.378 e. The Labute approximate surface area is 120 Å². The number of fused-ring (bicyclic) bond motifs is 1. The van der Waals surface area contributed by atoms with Gasteiger partial charge in [0.05, 0.1) is 18.8 Å². The standard InChI is InChI=1S/C15H22N4O/c1-19(2)7-9-20-8-6-17-15-13(11-16)10-12-4-3-5-14(12)18-15/h10H,3-9H2,1-2H3,(H,17,18). The van der Waals surface area contributed by atoms with Gasteiger partial charge in [-0.3, -0.25) is 0 Å². The van der Waals surface area contributed by atoms with Crippen LogP contribution in [0.5, 0.6) is 0 Å². The maximum atomic E-state index is 9.18. The van der Waals surface area contributed by atoms with E-state index in [9.17, 15) is 5.26 Å². The molecule has 108 valence electrons. The number of anilines is 1. The predicted octanol–water partition coefficient (Wildman–Crippen LogP) is 1.43. The molecular formula is C15H22N4O. The molecule has 0 unspecified atom stereocenters. The molecule has 0 bridgehead atoms. The fraction of sp³-hybridized carbons (Fsp3) is 0.600. The fourth-order valence-electron chi connectivity index (χ4n) is 2.28. The summed E-state index contributed by atoms with van der Waals surface area (Å²) >= 11 is 0. The Morgan fingerprint density at radius 2 is 2.25 bits per heavy atom. The van der Waals surface area contributed by atoms with Crippen molar-refractivity contribution < 1.29 is 4.74 Å². The zero-order chi connectivity index (χ0) is 14.4. The Balaban J connectivity index is 1.82. The number of ether oxygens (including phenoxy) is 1. The Hall–Kier alpha value is -1.64. The van der Waals surface area contributed by atoms with E-state index in [1.54, 1.807) is 0 Å². The molecule has 2 rings (SSSR count). The van der Waals surface area contributed by atoms with E-state index in [4.69, 9.17) is 4.74 Å². The van der Waals surface area contributed by atoms with Gasteiger partial charge in [-0.25, -0.2) is 4.98 Å². The molecule has 1 aliphatic carbocycles. The number of nitriles is 1. The molecule has 1 aliphatic rings. The van der Waals surface area contributed by atoms with Gasteiger partial charge in [0.2, 0.25) is 0 Å². The van der Waals surface area contributed by atoms with E-state index in [1.165, 1.54) is 5.56 Å². The minimum Gasteiger partial charge on any atom is -0.378 e. The number of likely N-dealkylation sites (N-methyl/N-ethyl adjacent to an activating group) is 1. The van der Waals surface area contributed by atoms with Crippen LogP contribution in [-0.2, 0) is 17.6 Å². The summed E-state index contributed by atoms with van der Waals surface area (Å²) in [6.45, 7) is 2.93. The highest BCUT2D eigenvalue weighted by molar-refractivity contribution is 5.55. The first-order valence-corrected chi connectivity index (χ1v) is 7.10. The Kier molecular flexibility index (Phi) is 5.33. The van der Waals surface area contributed by atoms with E-state index < -0.39 is 0 Å². The van der Waals surface area contributed by atoms with Crippen LogP contribution in [0, 0.1) is 11.3 Å². The average molecular weight is 274 g/mol. The lowest BCUT2D eigenvalue weighted by Gasteiger charge is -2.12. The van der Waals surface area contributed by atoms with Gasteiger partial charge in [0.25, 0.3) is 0 Å². The zero-order valence-electron chi connectivity index (χ0n) is 12.3. The molecule has 0 saturated heterocycles. The van der Waals surface area contributed by atoms with Crippen molar-refractivity contribution >= 4 is 5.82 Å². The minimum atomic E-state index is 0.622. The second kappa shape index (κ2) is 7.22. The predicted molar refractivity (Wildman–Crippen MR) is 78.8 cm³/mol. The maximum Gasteiger partial charge on any atom is 0.144 e. The third kappa shape index (κ3) is 3.92. The van der Waals surface area contributed by atoms with Gasteiger partial charge in [0, 0.05) is 18.8 Å². The van der Waals surface area contributed by atoms with Crippen LogP contribution in [0.3, 0.4) is 0 Å². The molecule has 0 radical (unpaired) electrons. The van der Waals surface area contributed by atoms with Gasteiger partial charge in [-0.15, -0.1) is 0 Å². The first kappa shape index (κ1) is 14.8. The fourth-order valence-corrected chi connectivity index (χ4v) is 2.28. The summed E-state index contributed by atoms with van der Waals surface area (Å²) in [5.41, 5.74) is 3.01. The van der Waals surface area contributed by atoms with E-state index in [1.807, 2.05) is 20.2 Å². The van der Waals surface area contributed by atoms with Crippen molar-refractivity contribution in [1.82, 2.24) is 9.88 Å². The van der Waals surface area contributed by atoms with Crippen molar-refractivity contribution in [3.8, 4) is 6.07 Å². The van der Waals surface area contributed by atoms with E-state index >= 15 is 0 Å². The summed E-state index contributed by atoms with van der Waals surface area (Å²) in [5, 5.41) is 12.4. The van der Waals surface area contributed by atoms with Gasteiger partial charge < -0.3 is 15.0 Å². The summed E-state index contributed by atoms with van der Waals surface area (Å²) in [5.74, 6) is 0.698. The van der Waals surface area contributed by atoms with Crippen molar-refractivity contribution in [3.05, 3.63) is 22.9 Å². The number of hydrogen-bond acceptors (Lipinski definition) is 5. The van der Waals surface area contributed by atoms with Gasteiger partial charge in [-0.05, 0) is 45.0 Å². The molecule has 1 aromatic rings. The summed E-state index contributed by atoms with van der Waals surface area (Å²) in [7, 11) is 4.05. The van der Waals surface area contributed by atoms with Gasteiger partial charge in [0.1, 0.15) is 11.9 Å².